The summed E-state index contributed by atoms with van der Waals surface area (Å²) in [4.78, 5) is 5.06. The molecule has 26 heavy (non-hydrogen) atoms. The fraction of sp³-hybridized carbons (Fsp3) is 0.739. The second-order valence-corrected chi connectivity index (χ2v) is 6.65. The predicted octanol–water partition coefficient (Wildman–Crippen LogP) is 5.20. The van der Waals surface area contributed by atoms with Crippen molar-refractivity contribution in [2.24, 2.45) is 0 Å². The van der Waals surface area contributed by atoms with Gasteiger partial charge in [0.25, 0.3) is 0 Å². The maximum atomic E-state index is 3.48. The molecule has 1 aromatic carbocycles. The van der Waals surface area contributed by atoms with E-state index >= 15 is 0 Å². The van der Waals surface area contributed by atoms with E-state index in [9.17, 15) is 0 Å². The minimum atomic E-state index is 0.967. The van der Waals surface area contributed by atoms with Crippen LogP contribution in [0.2, 0.25) is 0 Å². The van der Waals surface area contributed by atoms with Crippen LogP contribution in [0.1, 0.15) is 77.1 Å². The molecular weight excluding hydrogens is 318 g/mol. The Bertz CT molecular complexity index is 467. The maximum Gasteiger partial charge on any atom is 0.0236 e. The molecule has 152 valence electrons. The molecule has 0 bridgehead atoms. The van der Waals surface area contributed by atoms with Gasteiger partial charge >= 0.3 is 0 Å². The molecule has 0 saturated carbocycles. The number of hydrogen-bond acceptors (Lipinski definition) is 3. The van der Waals surface area contributed by atoms with Crippen LogP contribution in [0.5, 0.6) is 0 Å². The molecule has 3 heteroatoms. The number of hydrogen-bond donors (Lipinski definition) is 1. The van der Waals surface area contributed by atoms with Gasteiger partial charge in [0, 0.05) is 19.6 Å². The van der Waals surface area contributed by atoms with Crippen LogP contribution in [0.4, 0.5) is 0 Å². The van der Waals surface area contributed by atoms with Crippen molar-refractivity contribution < 1.29 is 0 Å². The molecule has 1 rings (SSSR count). The lowest BCUT2D eigenvalue weighted by Gasteiger charge is -2.25. The molecule has 0 atom stereocenters. The van der Waals surface area contributed by atoms with E-state index in [-0.39, 0.29) is 0 Å². The molecule has 0 amide bonds. The van der Waals surface area contributed by atoms with Gasteiger partial charge < -0.3 is 5.32 Å². The molecular formula is C23H45N3. The molecule has 0 aliphatic heterocycles. The number of nitrogens with one attached hydrogen (secondary N) is 1. The summed E-state index contributed by atoms with van der Waals surface area (Å²) in [7, 11) is 0. The topological polar surface area (TPSA) is 18.5 Å². The molecule has 0 radical (unpaired) electrons. The summed E-state index contributed by atoms with van der Waals surface area (Å²) < 4.78 is 0. The van der Waals surface area contributed by atoms with E-state index in [1.54, 1.807) is 0 Å². The lowest BCUT2D eigenvalue weighted by atomic mass is 9.97. The largest absolute Gasteiger partial charge is 0.313 e. The van der Waals surface area contributed by atoms with Gasteiger partial charge in [-0.15, -0.1) is 0 Å². The highest BCUT2D eigenvalue weighted by Gasteiger charge is 2.12. The molecule has 0 unspecified atom stereocenters. The van der Waals surface area contributed by atoms with Gasteiger partial charge in [0.05, 0.1) is 0 Å². The van der Waals surface area contributed by atoms with Crippen LogP contribution in [-0.4, -0.2) is 42.5 Å². The summed E-state index contributed by atoms with van der Waals surface area (Å²) in [6, 6.07) is 4.83. The van der Waals surface area contributed by atoms with E-state index in [0.29, 0.717) is 0 Å². The maximum absolute atomic E-state index is 3.48. The Morgan fingerprint density at radius 3 is 1.73 bits per heavy atom. The first-order valence-electron chi connectivity index (χ1n) is 10.9. The van der Waals surface area contributed by atoms with Crippen LogP contribution >= 0.6 is 0 Å². The molecule has 0 aliphatic carbocycles. The van der Waals surface area contributed by atoms with Gasteiger partial charge in [0.2, 0.25) is 0 Å². The summed E-state index contributed by atoms with van der Waals surface area (Å²) in [6.45, 7) is 26.2. The molecule has 0 aromatic heterocycles. The Hall–Kier alpha value is -0.900. The standard InChI is InChI=1S/C21H39N3.C2H6/c1-7-12-24(11-5)17-21-14-19(15-22-8-2)13-20(18(21)6)16-23(9-3)10-4;1-2/h13-14,22H,7-12,15-17H2,1-6H3;1-2H3. The van der Waals surface area contributed by atoms with Crippen LogP contribution in [0.3, 0.4) is 0 Å². The van der Waals surface area contributed by atoms with E-state index in [1.165, 1.54) is 35.2 Å². The van der Waals surface area contributed by atoms with Crippen LogP contribution in [0.25, 0.3) is 0 Å². The van der Waals surface area contributed by atoms with Gasteiger partial charge in [-0.2, -0.15) is 0 Å². The molecule has 3 nitrogen and oxygen atoms in total. The summed E-state index contributed by atoms with van der Waals surface area (Å²) in [6.07, 6.45) is 1.22. The molecule has 1 aromatic rings. The summed E-state index contributed by atoms with van der Waals surface area (Å²) >= 11 is 0. The van der Waals surface area contributed by atoms with Crippen LogP contribution < -0.4 is 5.32 Å². The van der Waals surface area contributed by atoms with Crippen molar-refractivity contribution in [1.29, 1.82) is 0 Å². The van der Waals surface area contributed by atoms with E-state index in [0.717, 1.165) is 45.8 Å². The van der Waals surface area contributed by atoms with Crippen molar-refractivity contribution in [3.8, 4) is 0 Å². The van der Waals surface area contributed by atoms with Gasteiger partial charge in [0.1, 0.15) is 0 Å². The van der Waals surface area contributed by atoms with Crippen molar-refractivity contribution >= 4 is 0 Å². The number of benzene rings is 1. The second kappa shape index (κ2) is 15.2. The van der Waals surface area contributed by atoms with Gasteiger partial charge in [-0.3, -0.25) is 9.80 Å². The van der Waals surface area contributed by atoms with Crippen molar-refractivity contribution in [3.63, 3.8) is 0 Å². The predicted molar refractivity (Wildman–Crippen MR) is 118 cm³/mol. The minimum absolute atomic E-state index is 0.967. The third-order valence-electron chi connectivity index (χ3n) is 4.93. The van der Waals surface area contributed by atoms with Crippen LogP contribution in [0, 0.1) is 6.92 Å². The highest BCUT2D eigenvalue weighted by molar-refractivity contribution is 5.38. The first kappa shape index (κ1) is 25.1. The summed E-state index contributed by atoms with van der Waals surface area (Å²) in [5.74, 6) is 0. The van der Waals surface area contributed by atoms with Gasteiger partial charge in [-0.05, 0) is 68.3 Å². The van der Waals surface area contributed by atoms with Crippen LogP contribution in [-0.2, 0) is 19.6 Å². The highest BCUT2D eigenvalue weighted by Crippen LogP contribution is 2.21. The Morgan fingerprint density at radius 1 is 0.808 bits per heavy atom. The Kier molecular flexibility index (Phi) is 14.7. The fourth-order valence-corrected chi connectivity index (χ4v) is 3.21. The SMILES string of the molecule is CC.CCCN(CC)Cc1cc(CNCC)cc(CN(CC)CC)c1C. The normalized spacial score (nSPS) is 11.0. The van der Waals surface area contributed by atoms with E-state index in [1.807, 2.05) is 13.8 Å². The zero-order chi connectivity index (χ0) is 19.9. The minimum Gasteiger partial charge on any atom is -0.313 e. The third-order valence-corrected chi connectivity index (χ3v) is 4.93. The first-order valence-corrected chi connectivity index (χ1v) is 10.9. The zero-order valence-corrected chi connectivity index (χ0v) is 18.9. The average molecular weight is 364 g/mol. The van der Waals surface area contributed by atoms with E-state index in [2.05, 4.69) is 68.8 Å². The van der Waals surface area contributed by atoms with Crippen molar-refractivity contribution in [3.05, 3.63) is 34.4 Å². The molecule has 0 saturated heterocycles. The molecule has 1 N–H and O–H groups in total. The fourth-order valence-electron chi connectivity index (χ4n) is 3.21. The average Bonchev–Trinajstić information content (AvgIpc) is 2.68. The summed E-state index contributed by atoms with van der Waals surface area (Å²) in [5.41, 5.74) is 5.91. The van der Waals surface area contributed by atoms with E-state index < -0.39 is 0 Å². The van der Waals surface area contributed by atoms with Crippen molar-refractivity contribution in [2.75, 3.05) is 32.7 Å². The molecule has 0 aliphatic rings. The molecule has 0 heterocycles. The third kappa shape index (κ3) is 8.66. The quantitative estimate of drug-likeness (QED) is 0.550. The number of rotatable bonds is 12. The molecule has 0 fully saturated rings. The van der Waals surface area contributed by atoms with E-state index in [4.69, 9.17) is 0 Å². The monoisotopic (exact) mass is 363 g/mol. The lowest BCUT2D eigenvalue weighted by molar-refractivity contribution is 0.278. The Balaban J connectivity index is 0.00000301. The summed E-state index contributed by atoms with van der Waals surface area (Å²) in [5, 5.41) is 3.48. The van der Waals surface area contributed by atoms with Crippen molar-refractivity contribution in [1.82, 2.24) is 15.1 Å². The highest BCUT2D eigenvalue weighted by atomic mass is 15.1. The Morgan fingerprint density at radius 2 is 1.31 bits per heavy atom. The van der Waals surface area contributed by atoms with Gasteiger partial charge in [0.15, 0.2) is 0 Å². The van der Waals surface area contributed by atoms with Gasteiger partial charge in [-0.1, -0.05) is 60.6 Å². The second-order valence-electron chi connectivity index (χ2n) is 6.65. The smallest absolute Gasteiger partial charge is 0.0236 e. The molecule has 0 spiro atoms. The lowest BCUT2D eigenvalue weighted by Crippen LogP contribution is -2.26. The Labute approximate surface area is 164 Å². The zero-order valence-electron chi connectivity index (χ0n) is 18.9. The van der Waals surface area contributed by atoms with Gasteiger partial charge in [-0.25, -0.2) is 0 Å². The van der Waals surface area contributed by atoms with Crippen molar-refractivity contribution in [2.45, 2.75) is 81.4 Å². The van der Waals surface area contributed by atoms with Crippen LogP contribution in [0.15, 0.2) is 12.1 Å². The number of nitrogens with zero attached hydrogens (tertiary/aromatic N) is 2. The first-order chi connectivity index (χ1) is 12.6.